The summed E-state index contributed by atoms with van der Waals surface area (Å²) in [7, 11) is 4.16. The lowest BCUT2D eigenvalue weighted by Crippen LogP contribution is -2.29. The van der Waals surface area contributed by atoms with Crippen LogP contribution in [0.15, 0.2) is 11.8 Å². The Morgan fingerprint density at radius 3 is 1.87 bits per heavy atom. The maximum absolute atomic E-state index is 2.37. The van der Waals surface area contributed by atoms with Crippen molar-refractivity contribution in [3.05, 3.63) is 11.8 Å². The van der Waals surface area contributed by atoms with E-state index in [1.807, 2.05) is 0 Å². The average molecular weight is 211 g/mol. The third kappa shape index (κ3) is 5.25. The molecule has 0 spiro atoms. The lowest BCUT2D eigenvalue weighted by molar-refractivity contribution is 0.120. The molecule has 0 unspecified atom stereocenters. The zero-order chi connectivity index (χ0) is 12.3. The van der Waals surface area contributed by atoms with Gasteiger partial charge in [0.2, 0.25) is 0 Å². The predicted molar refractivity (Wildman–Crippen MR) is 69.9 cm³/mol. The molecule has 0 saturated carbocycles. The van der Waals surface area contributed by atoms with Crippen molar-refractivity contribution >= 4 is 0 Å². The van der Waals surface area contributed by atoms with E-state index in [0.29, 0.717) is 10.8 Å². The van der Waals surface area contributed by atoms with Crippen LogP contribution in [0.5, 0.6) is 0 Å². The van der Waals surface area contributed by atoms with Gasteiger partial charge >= 0.3 is 0 Å². The first-order valence-corrected chi connectivity index (χ1v) is 5.90. The lowest BCUT2D eigenvalue weighted by atomic mass is 9.66. The zero-order valence-electron chi connectivity index (χ0n) is 11.9. The molecule has 0 N–H and O–H groups in total. The molecule has 1 heteroatoms. The van der Waals surface area contributed by atoms with Crippen LogP contribution in [-0.2, 0) is 0 Å². The van der Waals surface area contributed by atoms with Crippen LogP contribution in [0.2, 0.25) is 0 Å². The molecule has 1 nitrogen and oxygen atoms in total. The SMILES string of the molecule is C/C(=C\N(C)C)CCC(C)(C)C(C)(C)C. The summed E-state index contributed by atoms with van der Waals surface area (Å²) < 4.78 is 0. The standard InChI is InChI=1S/C14H29N/c1-12(11-15(7)8)9-10-14(5,6)13(2,3)4/h11H,9-10H2,1-8H3/b12-11+. The summed E-state index contributed by atoms with van der Waals surface area (Å²) in [5.41, 5.74) is 2.25. The first-order chi connectivity index (χ1) is 6.56. The molecule has 0 aromatic heterocycles. The van der Waals surface area contributed by atoms with Gasteiger partial charge in [-0.05, 0) is 36.8 Å². The topological polar surface area (TPSA) is 3.24 Å². The minimum absolute atomic E-state index is 0.380. The summed E-state index contributed by atoms with van der Waals surface area (Å²) in [6.45, 7) is 14.0. The molecule has 0 saturated heterocycles. The molecule has 0 atom stereocenters. The molecule has 90 valence electrons. The highest BCUT2D eigenvalue weighted by molar-refractivity contribution is 4.98. The van der Waals surface area contributed by atoms with Crippen molar-refractivity contribution < 1.29 is 0 Å². The quantitative estimate of drug-likeness (QED) is 0.670. The van der Waals surface area contributed by atoms with Crippen molar-refractivity contribution in [2.75, 3.05) is 14.1 Å². The van der Waals surface area contributed by atoms with Gasteiger partial charge < -0.3 is 4.90 Å². The van der Waals surface area contributed by atoms with Crippen LogP contribution in [0, 0.1) is 10.8 Å². The Kier molecular flexibility index (Phi) is 4.89. The number of nitrogens with zero attached hydrogens (tertiary/aromatic N) is 1. The van der Waals surface area contributed by atoms with E-state index in [1.165, 1.54) is 18.4 Å². The second-order valence-electron chi connectivity index (χ2n) is 6.57. The second-order valence-corrected chi connectivity index (χ2v) is 6.57. The molecule has 0 rings (SSSR count). The Morgan fingerprint density at radius 2 is 1.53 bits per heavy atom. The highest BCUT2D eigenvalue weighted by atomic mass is 15.0. The fourth-order valence-corrected chi connectivity index (χ4v) is 1.39. The number of rotatable bonds is 4. The molecule has 15 heavy (non-hydrogen) atoms. The van der Waals surface area contributed by atoms with E-state index in [9.17, 15) is 0 Å². The van der Waals surface area contributed by atoms with Crippen LogP contribution in [0.25, 0.3) is 0 Å². The summed E-state index contributed by atoms with van der Waals surface area (Å²) in [6, 6.07) is 0. The average Bonchev–Trinajstić information content (AvgIpc) is 1.97. The van der Waals surface area contributed by atoms with Gasteiger partial charge in [-0.25, -0.2) is 0 Å². The van der Waals surface area contributed by atoms with Crippen LogP contribution in [0.4, 0.5) is 0 Å². The smallest absolute Gasteiger partial charge is 0.00556 e. The van der Waals surface area contributed by atoms with Gasteiger partial charge in [0, 0.05) is 14.1 Å². The largest absolute Gasteiger partial charge is 0.384 e. The van der Waals surface area contributed by atoms with Gasteiger partial charge in [0.15, 0.2) is 0 Å². The highest BCUT2D eigenvalue weighted by Gasteiger charge is 2.31. The van der Waals surface area contributed by atoms with Gasteiger partial charge in [0.25, 0.3) is 0 Å². The van der Waals surface area contributed by atoms with E-state index in [2.05, 4.69) is 66.7 Å². The molecule has 0 amide bonds. The Bertz CT molecular complexity index is 216. The molecule has 0 aromatic rings. The van der Waals surface area contributed by atoms with Crippen LogP contribution in [-0.4, -0.2) is 19.0 Å². The van der Waals surface area contributed by atoms with Gasteiger partial charge in [-0.1, -0.05) is 40.2 Å². The summed E-state index contributed by atoms with van der Waals surface area (Å²) in [5, 5.41) is 0. The van der Waals surface area contributed by atoms with Gasteiger partial charge in [-0.2, -0.15) is 0 Å². The number of hydrogen-bond acceptors (Lipinski definition) is 1. The Balaban J connectivity index is 4.28. The van der Waals surface area contributed by atoms with Gasteiger partial charge in [0.1, 0.15) is 0 Å². The molecule has 0 aliphatic rings. The van der Waals surface area contributed by atoms with Crippen LogP contribution >= 0.6 is 0 Å². The van der Waals surface area contributed by atoms with Gasteiger partial charge in [-0.3, -0.25) is 0 Å². The van der Waals surface area contributed by atoms with E-state index in [0.717, 1.165) is 0 Å². The summed E-state index contributed by atoms with van der Waals surface area (Å²) in [5.74, 6) is 0. The molecule has 0 fully saturated rings. The van der Waals surface area contributed by atoms with Crippen molar-refractivity contribution in [1.29, 1.82) is 0 Å². The highest BCUT2D eigenvalue weighted by Crippen LogP contribution is 2.42. The first-order valence-electron chi connectivity index (χ1n) is 5.90. The first kappa shape index (κ1) is 14.5. The predicted octanol–water partition coefficient (Wildman–Crippen LogP) is 4.30. The summed E-state index contributed by atoms with van der Waals surface area (Å²) >= 11 is 0. The third-order valence-corrected chi connectivity index (χ3v) is 3.65. The minimum Gasteiger partial charge on any atom is -0.384 e. The zero-order valence-corrected chi connectivity index (χ0v) is 11.9. The molecule has 0 aromatic carbocycles. The molecule has 0 aliphatic carbocycles. The molecule has 0 heterocycles. The van der Waals surface area contributed by atoms with Crippen molar-refractivity contribution in [3.8, 4) is 0 Å². The molecule has 0 bridgehead atoms. The van der Waals surface area contributed by atoms with E-state index in [-0.39, 0.29) is 0 Å². The fraction of sp³-hybridized carbons (Fsp3) is 0.857. The van der Waals surface area contributed by atoms with E-state index in [4.69, 9.17) is 0 Å². The Morgan fingerprint density at radius 1 is 1.07 bits per heavy atom. The number of hydrogen-bond donors (Lipinski definition) is 0. The van der Waals surface area contributed by atoms with Crippen molar-refractivity contribution in [3.63, 3.8) is 0 Å². The van der Waals surface area contributed by atoms with Crippen molar-refractivity contribution in [1.82, 2.24) is 4.90 Å². The third-order valence-electron chi connectivity index (χ3n) is 3.65. The Labute approximate surface area is 96.6 Å². The van der Waals surface area contributed by atoms with Crippen molar-refractivity contribution in [2.24, 2.45) is 10.8 Å². The fourth-order valence-electron chi connectivity index (χ4n) is 1.39. The molecular formula is C14H29N. The van der Waals surface area contributed by atoms with E-state index < -0.39 is 0 Å². The van der Waals surface area contributed by atoms with Gasteiger partial charge in [-0.15, -0.1) is 0 Å². The normalized spacial score (nSPS) is 14.3. The monoisotopic (exact) mass is 211 g/mol. The Hall–Kier alpha value is -0.460. The number of allylic oxidation sites excluding steroid dienone is 1. The second kappa shape index (κ2) is 5.05. The minimum atomic E-state index is 0.380. The maximum Gasteiger partial charge on any atom is 0.00556 e. The molecular weight excluding hydrogens is 182 g/mol. The van der Waals surface area contributed by atoms with E-state index >= 15 is 0 Å². The summed E-state index contributed by atoms with van der Waals surface area (Å²) in [4.78, 5) is 2.12. The van der Waals surface area contributed by atoms with Crippen LogP contribution < -0.4 is 0 Å². The summed E-state index contributed by atoms with van der Waals surface area (Å²) in [6.07, 6.45) is 4.67. The molecule has 0 radical (unpaired) electrons. The lowest BCUT2D eigenvalue weighted by Gasteiger charge is -2.39. The van der Waals surface area contributed by atoms with Crippen LogP contribution in [0.3, 0.4) is 0 Å². The van der Waals surface area contributed by atoms with Crippen LogP contribution in [0.1, 0.15) is 54.4 Å². The van der Waals surface area contributed by atoms with E-state index in [1.54, 1.807) is 0 Å². The molecule has 0 aliphatic heterocycles. The maximum atomic E-state index is 2.37. The van der Waals surface area contributed by atoms with Gasteiger partial charge in [0.05, 0.1) is 0 Å². The van der Waals surface area contributed by atoms with Crippen molar-refractivity contribution in [2.45, 2.75) is 54.4 Å².